The molecule has 1 fully saturated rings. The van der Waals surface area contributed by atoms with Crippen LogP contribution in [0.4, 0.5) is 0 Å². The Bertz CT molecular complexity index is 275. The first-order valence-corrected chi connectivity index (χ1v) is 5.45. The zero-order chi connectivity index (χ0) is 9.80. The third kappa shape index (κ3) is 2.35. The minimum Gasteiger partial charge on any atom is -0.381 e. The summed E-state index contributed by atoms with van der Waals surface area (Å²) in [6.45, 7) is 3.92. The molecule has 3 heteroatoms. The average Bonchev–Trinajstić information content (AvgIpc) is 2.51. The van der Waals surface area contributed by atoms with Crippen molar-refractivity contribution in [2.75, 3.05) is 13.2 Å². The van der Waals surface area contributed by atoms with Crippen molar-refractivity contribution in [2.24, 2.45) is 0 Å². The lowest BCUT2D eigenvalue weighted by Gasteiger charge is -2.20. The molecule has 0 amide bonds. The van der Waals surface area contributed by atoms with Crippen LogP contribution in [0.15, 0.2) is 12.4 Å². The lowest BCUT2D eigenvalue weighted by Crippen LogP contribution is -2.14. The van der Waals surface area contributed by atoms with E-state index < -0.39 is 0 Å². The number of hydrogen-bond donors (Lipinski definition) is 0. The Balaban J connectivity index is 2.00. The van der Waals surface area contributed by atoms with Gasteiger partial charge < -0.3 is 4.74 Å². The van der Waals surface area contributed by atoms with Crippen molar-refractivity contribution >= 4 is 0 Å². The van der Waals surface area contributed by atoms with Crippen molar-refractivity contribution in [3.63, 3.8) is 0 Å². The predicted octanol–water partition coefficient (Wildman–Crippen LogP) is 2.32. The van der Waals surface area contributed by atoms with Crippen LogP contribution in [0.5, 0.6) is 0 Å². The zero-order valence-electron chi connectivity index (χ0n) is 8.78. The molecule has 0 saturated carbocycles. The number of nitrogens with zero attached hydrogens (tertiary/aromatic N) is 2. The molecule has 0 N–H and O–H groups in total. The van der Waals surface area contributed by atoms with Gasteiger partial charge in [0.15, 0.2) is 0 Å². The van der Waals surface area contributed by atoms with Gasteiger partial charge in [-0.1, -0.05) is 0 Å². The van der Waals surface area contributed by atoms with E-state index in [2.05, 4.69) is 22.9 Å². The Kier molecular flexibility index (Phi) is 3.19. The summed E-state index contributed by atoms with van der Waals surface area (Å²) in [5, 5.41) is 4.39. The molecule has 1 aromatic rings. The molecule has 1 aliphatic rings. The van der Waals surface area contributed by atoms with E-state index in [1.807, 2.05) is 6.20 Å². The highest BCUT2D eigenvalue weighted by Gasteiger charge is 2.13. The summed E-state index contributed by atoms with van der Waals surface area (Å²) in [5.41, 5.74) is 1.25. The van der Waals surface area contributed by atoms with Crippen molar-refractivity contribution in [3.05, 3.63) is 18.0 Å². The summed E-state index contributed by atoms with van der Waals surface area (Å²) in [4.78, 5) is 0. The molecule has 0 aromatic carbocycles. The third-order valence-electron chi connectivity index (χ3n) is 2.76. The molecule has 1 aliphatic heterocycles. The van der Waals surface area contributed by atoms with Crippen LogP contribution in [-0.2, 0) is 4.74 Å². The second kappa shape index (κ2) is 4.60. The van der Waals surface area contributed by atoms with E-state index in [-0.39, 0.29) is 0 Å². The first kappa shape index (κ1) is 9.71. The van der Waals surface area contributed by atoms with Gasteiger partial charge in [-0.15, -0.1) is 0 Å². The van der Waals surface area contributed by atoms with Gasteiger partial charge >= 0.3 is 0 Å². The maximum atomic E-state index is 5.43. The fourth-order valence-electron chi connectivity index (χ4n) is 1.99. The molecule has 2 rings (SSSR count). The van der Waals surface area contributed by atoms with E-state index in [9.17, 15) is 0 Å². The molecule has 0 aliphatic carbocycles. The second-order valence-corrected chi connectivity index (χ2v) is 4.05. The topological polar surface area (TPSA) is 27.1 Å². The van der Waals surface area contributed by atoms with Crippen molar-refractivity contribution in [2.45, 2.75) is 38.6 Å². The minimum atomic E-state index is 0.590. The van der Waals surface area contributed by atoms with Crippen molar-refractivity contribution in [1.29, 1.82) is 0 Å². The highest BCUT2D eigenvalue weighted by Crippen LogP contribution is 2.21. The van der Waals surface area contributed by atoms with E-state index in [4.69, 9.17) is 4.74 Å². The van der Waals surface area contributed by atoms with Gasteiger partial charge in [-0.05, 0) is 38.2 Å². The van der Waals surface area contributed by atoms with Gasteiger partial charge in [-0.25, -0.2) is 0 Å². The fraction of sp³-hybridized carbons (Fsp3) is 0.727. The van der Waals surface area contributed by atoms with Crippen LogP contribution in [0.1, 0.15) is 37.3 Å². The number of ether oxygens (including phenoxy) is 1. The van der Waals surface area contributed by atoms with Gasteiger partial charge in [-0.3, -0.25) is 4.68 Å². The number of aryl methyl sites for hydroxylation is 1. The highest BCUT2D eigenvalue weighted by molar-refractivity contribution is 5.00. The normalized spacial score (nSPS) is 20.4. The molecule has 14 heavy (non-hydrogen) atoms. The van der Waals surface area contributed by atoms with Gasteiger partial charge in [0.1, 0.15) is 0 Å². The zero-order valence-corrected chi connectivity index (χ0v) is 8.78. The van der Waals surface area contributed by atoms with Gasteiger partial charge in [0, 0.05) is 19.4 Å². The van der Waals surface area contributed by atoms with Crippen molar-refractivity contribution in [1.82, 2.24) is 9.78 Å². The Labute approximate surface area is 85.1 Å². The third-order valence-corrected chi connectivity index (χ3v) is 2.76. The molecular weight excluding hydrogens is 176 g/mol. The van der Waals surface area contributed by atoms with Gasteiger partial charge in [0.05, 0.1) is 12.2 Å². The molecule has 78 valence electrons. The van der Waals surface area contributed by atoms with E-state index >= 15 is 0 Å². The number of hydrogen-bond acceptors (Lipinski definition) is 2. The molecule has 2 heterocycles. The van der Waals surface area contributed by atoms with Gasteiger partial charge in [0.2, 0.25) is 0 Å². The van der Waals surface area contributed by atoms with Crippen molar-refractivity contribution < 1.29 is 4.74 Å². The molecule has 3 nitrogen and oxygen atoms in total. The minimum absolute atomic E-state index is 0.590. The second-order valence-electron chi connectivity index (χ2n) is 4.05. The highest BCUT2D eigenvalue weighted by atomic mass is 16.5. The maximum Gasteiger partial charge on any atom is 0.0521 e. The molecule has 0 spiro atoms. The van der Waals surface area contributed by atoms with Crippen LogP contribution in [0, 0.1) is 6.92 Å². The standard InChI is InChI=1S/C11H18N2O/c1-10-8-12-13(9-10)11-4-2-6-14-7-3-5-11/h8-9,11H,2-7H2,1H3. The Morgan fingerprint density at radius 1 is 1.36 bits per heavy atom. The summed E-state index contributed by atoms with van der Waals surface area (Å²) >= 11 is 0. The Morgan fingerprint density at radius 2 is 2.07 bits per heavy atom. The summed E-state index contributed by atoms with van der Waals surface area (Å²) in [6, 6.07) is 0.590. The van der Waals surface area contributed by atoms with E-state index in [0.29, 0.717) is 6.04 Å². The SMILES string of the molecule is Cc1cnn(C2CCCOCCC2)c1. The van der Waals surface area contributed by atoms with E-state index in [1.165, 1.54) is 18.4 Å². The first-order valence-electron chi connectivity index (χ1n) is 5.45. The average molecular weight is 194 g/mol. The van der Waals surface area contributed by atoms with Crippen LogP contribution < -0.4 is 0 Å². The maximum absolute atomic E-state index is 5.43. The fourth-order valence-corrected chi connectivity index (χ4v) is 1.99. The molecule has 1 saturated heterocycles. The van der Waals surface area contributed by atoms with Crippen LogP contribution in [0.3, 0.4) is 0 Å². The summed E-state index contributed by atoms with van der Waals surface area (Å²) in [7, 11) is 0. The number of aromatic nitrogens is 2. The molecule has 1 aromatic heterocycles. The van der Waals surface area contributed by atoms with Crippen LogP contribution >= 0.6 is 0 Å². The van der Waals surface area contributed by atoms with Gasteiger partial charge in [-0.2, -0.15) is 5.10 Å². The molecule has 0 radical (unpaired) electrons. The van der Waals surface area contributed by atoms with Crippen molar-refractivity contribution in [3.8, 4) is 0 Å². The largest absolute Gasteiger partial charge is 0.381 e. The van der Waals surface area contributed by atoms with Crippen LogP contribution in [0.2, 0.25) is 0 Å². The molecular formula is C11H18N2O. The monoisotopic (exact) mass is 194 g/mol. The summed E-state index contributed by atoms with van der Waals surface area (Å²) in [5.74, 6) is 0. The van der Waals surface area contributed by atoms with E-state index in [0.717, 1.165) is 26.1 Å². The predicted molar refractivity (Wildman–Crippen MR) is 55.3 cm³/mol. The van der Waals surface area contributed by atoms with Crippen LogP contribution in [0.25, 0.3) is 0 Å². The van der Waals surface area contributed by atoms with Crippen LogP contribution in [-0.4, -0.2) is 23.0 Å². The lowest BCUT2D eigenvalue weighted by molar-refractivity contribution is 0.104. The van der Waals surface area contributed by atoms with Gasteiger partial charge in [0.25, 0.3) is 0 Å². The van der Waals surface area contributed by atoms with E-state index in [1.54, 1.807) is 0 Å². The molecule has 0 atom stereocenters. The Hall–Kier alpha value is -0.830. The molecule has 0 unspecified atom stereocenters. The summed E-state index contributed by atoms with van der Waals surface area (Å²) in [6.07, 6.45) is 8.79. The quantitative estimate of drug-likeness (QED) is 0.686. The smallest absolute Gasteiger partial charge is 0.0521 e. The molecule has 0 bridgehead atoms. The lowest BCUT2D eigenvalue weighted by atomic mass is 10.1. The summed E-state index contributed by atoms with van der Waals surface area (Å²) < 4.78 is 7.56. The first-order chi connectivity index (χ1) is 6.86. The Morgan fingerprint density at radius 3 is 2.64 bits per heavy atom. The number of rotatable bonds is 1.